The van der Waals surface area contributed by atoms with Gasteiger partial charge in [0.05, 0.1) is 11.4 Å². The van der Waals surface area contributed by atoms with Gasteiger partial charge in [-0.3, -0.25) is 9.78 Å². The Hall–Kier alpha value is -3.94. The lowest BCUT2D eigenvalue weighted by Gasteiger charge is -2.10. The van der Waals surface area contributed by atoms with E-state index in [2.05, 4.69) is 40.5 Å². The maximum Gasteiger partial charge on any atom is 0.255 e. The topological polar surface area (TPSA) is 79.8 Å². The van der Waals surface area contributed by atoms with Crippen LogP contribution in [-0.2, 0) is 6.54 Å². The van der Waals surface area contributed by atoms with Crippen molar-refractivity contribution in [1.82, 2.24) is 20.3 Å². The minimum Gasteiger partial charge on any atom is -0.321 e. The molecule has 0 aliphatic heterocycles. The number of amides is 1. The van der Waals surface area contributed by atoms with Gasteiger partial charge in [-0.15, -0.1) is 0 Å². The Morgan fingerprint density at radius 1 is 0.971 bits per heavy atom. The highest BCUT2D eigenvalue weighted by molar-refractivity contribution is 7.21. The summed E-state index contributed by atoms with van der Waals surface area (Å²) in [6, 6.07) is 23.4. The van der Waals surface area contributed by atoms with Gasteiger partial charge in [-0.2, -0.15) is 0 Å². The zero-order valence-electron chi connectivity index (χ0n) is 19.5. The average Bonchev–Trinajstić information content (AvgIpc) is 3.31. The number of carbonyl (C=O) groups excluding carboxylic acids is 1. The first-order chi connectivity index (χ1) is 17.1. The minimum absolute atomic E-state index is 0.184. The Labute approximate surface area is 208 Å². The van der Waals surface area contributed by atoms with Crippen molar-refractivity contribution in [2.75, 3.05) is 5.32 Å². The molecule has 0 saturated heterocycles. The second kappa shape index (κ2) is 10.1. The van der Waals surface area contributed by atoms with Gasteiger partial charge < -0.3 is 10.6 Å². The number of benzene rings is 2. The van der Waals surface area contributed by atoms with Gasteiger partial charge in [0.1, 0.15) is 15.4 Å². The third-order valence-electron chi connectivity index (χ3n) is 5.51. The number of thiazole rings is 1. The van der Waals surface area contributed by atoms with Gasteiger partial charge in [0.15, 0.2) is 0 Å². The predicted molar refractivity (Wildman–Crippen MR) is 142 cm³/mol. The summed E-state index contributed by atoms with van der Waals surface area (Å²) in [5.41, 5.74) is 5.82. The number of hydrogen-bond donors (Lipinski definition) is 2. The average molecular weight is 480 g/mol. The Kier molecular flexibility index (Phi) is 6.61. The molecule has 6 nitrogen and oxygen atoms in total. The number of nitrogens with one attached hydrogen (secondary N) is 2. The molecule has 0 radical (unpaired) electrons. The van der Waals surface area contributed by atoms with Crippen molar-refractivity contribution < 1.29 is 4.79 Å². The zero-order valence-corrected chi connectivity index (χ0v) is 20.3. The molecular formula is C28H25N5OS. The molecule has 0 aliphatic carbocycles. The third-order valence-corrected chi connectivity index (χ3v) is 6.52. The molecule has 5 aromatic rings. The second-order valence-corrected chi connectivity index (χ2v) is 9.50. The molecule has 0 aliphatic rings. The number of hydrogen-bond acceptors (Lipinski definition) is 6. The van der Waals surface area contributed by atoms with Gasteiger partial charge >= 0.3 is 0 Å². The van der Waals surface area contributed by atoms with Gasteiger partial charge in [-0.1, -0.05) is 55.5 Å². The molecule has 3 aromatic heterocycles. The number of para-hydroxylation sites is 1. The SMILES string of the molecule is CC(C)NCc1cnc2sc(-c3ccccc3NC(=O)c3cccc(-c4ccccn4)c3)nc2c1. The largest absolute Gasteiger partial charge is 0.321 e. The fraction of sp³-hybridized carbons (Fsp3) is 0.143. The molecule has 0 fully saturated rings. The fourth-order valence-electron chi connectivity index (χ4n) is 3.73. The van der Waals surface area contributed by atoms with Crippen molar-refractivity contribution in [3.8, 4) is 21.8 Å². The van der Waals surface area contributed by atoms with Crippen molar-refractivity contribution in [1.29, 1.82) is 0 Å². The number of anilines is 1. The summed E-state index contributed by atoms with van der Waals surface area (Å²) in [6.07, 6.45) is 3.64. The van der Waals surface area contributed by atoms with E-state index in [1.54, 1.807) is 12.3 Å². The molecule has 0 unspecified atom stereocenters. The third kappa shape index (κ3) is 5.26. The molecule has 1 amide bonds. The Bertz CT molecular complexity index is 1480. The molecule has 5 rings (SSSR count). The summed E-state index contributed by atoms with van der Waals surface area (Å²) >= 11 is 1.52. The lowest BCUT2D eigenvalue weighted by Crippen LogP contribution is -2.21. The van der Waals surface area contributed by atoms with E-state index in [1.807, 2.05) is 66.9 Å². The van der Waals surface area contributed by atoms with E-state index in [0.29, 0.717) is 17.3 Å². The summed E-state index contributed by atoms with van der Waals surface area (Å²) in [5, 5.41) is 7.30. The van der Waals surface area contributed by atoms with Gasteiger partial charge in [0, 0.05) is 41.7 Å². The quantitative estimate of drug-likeness (QED) is 0.292. The molecule has 0 spiro atoms. The summed E-state index contributed by atoms with van der Waals surface area (Å²) in [7, 11) is 0. The Morgan fingerprint density at radius 3 is 2.66 bits per heavy atom. The molecule has 35 heavy (non-hydrogen) atoms. The van der Waals surface area contributed by atoms with Crippen LogP contribution < -0.4 is 10.6 Å². The summed E-state index contributed by atoms with van der Waals surface area (Å²) in [6.45, 7) is 4.98. The van der Waals surface area contributed by atoms with Gasteiger partial charge in [0.2, 0.25) is 0 Å². The molecule has 2 aromatic carbocycles. The van der Waals surface area contributed by atoms with Gasteiger partial charge in [-0.05, 0) is 48.0 Å². The van der Waals surface area contributed by atoms with Crippen LogP contribution in [0.5, 0.6) is 0 Å². The van der Waals surface area contributed by atoms with Crippen LogP contribution in [0.2, 0.25) is 0 Å². The van der Waals surface area contributed by atoms with Crippen LogP contribution in [0.4, 0.5) is 5.69 Å². The van der Waals surface area contributed by atoms with Crippen LogP contribution in [0.1, 0.15) is 29.8 Å². The minimum atomic E-state index is -0.184. The molecule has 7 heteroatoms. The van der Waals surface area contributed by atoms with E-state index in [4.69, 9.17) is 4.98 Å². The molecule has 0 bridgehead atoms. The summed E-state index contributed by atoms with van der Waals surface area (Å²) in [4.78, 5) is 27.9. The lowest BCUT2D eigenvalue weighted by molar-refractivity contribution is 0.102. The number of fused-ring (bicyclic) bond motifs is 1. The highest BCUT2D eigenvalue weighted by Crippen LogP contribution is 2.34. The lowest BCUT2D eigenvalue weighted by atomic mass is 10.1. The van der Waals surface area contributed by atoms with E-state index in [-0.39, 0.29) is 5.91 Å². The normalized spacial score (nSPS) is 11.2. The van der Waals surface area contributed by atoms with Crippen LogP contribution >= 0.6 is 11.3 Å². The molecule has 0 saturated carbocycles. The first-order valence-corrected chi connectivity index (χ1v) is 12.3. The number of nitrogens with zero attached hydrogens (tertiary/aromatic N) is 3. The van der Waals surface area contributed by atoms with Crippen molar-refractivity contribution in [3.05, 3.63) is 96.3 Å². The van der Waals surface area contributed by atoms with Gasteiger partial charge in [-0.25, -0.2) is 9.97 Å². The molecule has 2 N–H and O–H groups in total. The predicted octanol–water partition coefficient (Wildman–Crippen LogP) is 6.17. The Balaban J connectivity index is 1.41. The zero-order chi connectivity index (χ0) is 24.2. The second-order valence-electron chi connectivity index (χ2n) is 8.52. The van der Waals surface area contributed by atoms with Crippen LogP contribution in [0, 0.1) is 0 Å². The smallest absolute Gasteiger partial charge is 0.255 e. The number of carbonyl (C=O) groups is 1. The first kappa shape index (κ1) is 22.8. The van der Waals surface area contributed by atoms with Crippen LogP contribution in [0.3, 0.4) is 0 Å². The van der Waals surface area contributed by atoms with Crippen LogP contribution in [0.15, 0.2) is 85.2 Å². The van der Waals surface area contributed by atoms with Gasteiger partial charge in [0.25, 0.3) is 5.91 Å². The summed E-state index contributed by atoms with van der Waals surface area (Å²) < 4.78 is 0. The van der Waals surface area contributed by atoms with E-state index in [0.717, 1.165) is 44.3 Å². The molecule has 0 atom stereocenters. The highest BCUT2D eigenvalue weighted by atomic mass is 32.1. The monoisotopic (exact) mass is 479 g/mol. The van der Waals surface area contributed by atoms with E-state index in [9.17, 15) is 4.79 Å². The standard InChI is InChI=1S/C28H25N5OS/c1-18(2)30-16-19-14-25-28(31-17-19)35-27(33-25)22-10-3-4-12-24(22)32-26(34)21-9-7-8-20(15-21)23-11-5-6-13-29-23/h3-15,17-18,30H,16H2,1-2H3,(H,32,34). The molecular weight excluding hydrogens is 454 g/mol. The van der Waals surface area contributed by atoms with Crippen molar-refractivity contribution in [2.24, 2.45) is 0 Å². The van der Waals surface area contributed by atoms with Crippen LogP contribution in [-0.4, -0.2) is 26.9 Å². The Morgan fingerprint density at radius 2 is 1.83 bits per heavy atom. The van der Waals surface area contributed by atoms with Crippen LogP contribution in [0.25, 0.3) is 32.2 Å². The molecule has 3 heterocycles. The first-order valence-electron chi connectivity index (χ1n) is 11.5. The maximum atomic E-state index is 13.2. The van der Waals surface area contributed by atoms with E-state index in [1.165, 1.54) is 11.3 Å². The van der Waals surface area contributed by atoms with E-state index < -0.39 is 0 Å². The van der Waals surface area contributed by atoms with Crippen molar-refractivity contribution >= 4 is 33.3 Å². The van der Waals surface area contributed by atoms with Crippen molar-refractivity contribution in [3.63, 3.8) is 0 Å². The maximum absolute atomic E-state index is 13.2. The fourth-order valence-corrected chi connectivity index (χ4v) is 4.65. The number of pyridine rings is 2. The summed E-state index contributed by atoms with van der Waals surface area (Å²) in [5.74, 6) is -0.184. The highest BCUT2D eigenvalue weighted by Gasteiger charge is 2.15. The number of rotatable bonds is 7. The number of aromatic nitrogens is 3. The van der Waals surface area contributed by atoms with E-state index >= 15 is 0 Å². The van der Waals surface area contributed by atoms with Crippen molar-refractivity contribution in [2.45, 2.75) is 26.4 Å². The molecule has 174 valence electrons.